The van der Waals surface area contributed by atoms with E-state index in [-0.39, 0.29) is 12.6 Å². The number of carboxylic acids is 1. The Labute approximate surface area is 105 Å². The Balaban J connectivity index is 2.82. The summed E-state index contributed by atoms with van der Waals surface area (Å²) < 4.78 is 12.9. The minimum Gasteiger partial charge on any atom is -0.480 e. The fraction of sp³-hybridized carbons (Fsp3) is 0.417. The van der Waals surface area contributed by atoms with Crippen LogP contribution in [-0.4, -0.2) is 28.6 Å². The van der Waals surface area contributed by atoms with Gasteiger partial charge in [-0.25, -0.2) is 4.39 Å². The van der Waals surface area contributed by atoms with Gasteiger partial charge in [0.15, 0.2) is 0 Å². The number of carbonyl (C=O) groups is 1. The second-order valence-corrected chi connectivity index (χ2v) is 4.54. The van der Waals surface area contributed by atoms with Crippen molar-refractivity contribution in [2.75, 3.05) is 6.54 Å². The summed E-state index contributed by atoms with van der Waals surface area (Å²) in [5, 5.41) is 9.11. The van der Waals surface area contributed by atoms with Crippen LogP contribution in [0.4, 0.5) is 4.39 Å². The molecule has 0 unspecified atom stereocenters. The van der Waals surface area contributed by atoms with Crippen LogP contribution in [0.3, 0.4) is 0 Å². The van der Waals surface area contributed by atoms with Gasteiger partial charge in [-0.1, -0.05) is 17.7 Å². The van der Waals surface area contributed by atoms with Crippen molar-refractivity contribution >= 4 is 17.6 Å². The predicted molar refractivity (Wildman–Crippen MR) is 64.6 cm³/mol. The maximum absolute atomic E-state index is 12.9. The number of halogens is 2. The number of hydrogen-bond acceptors (Lipinski definition) is 2. The quantitative estimate of drug-likeness (QED) is 0.884. The molecule has 0 amide bonds. The molecule has 1 rings (SSSR count). The molecule has 1 aromatic carbocycles. The molecule has 5 heteroatoms. The van der Waals surface area contributed by atoms with Crippen LogP contribution in [0.15, 0.2) is 18.2 Å². The number of hydrogen-bond donors (Lipinski definition) is 1. The van der Waals surface area contributed by atoms with Crippen molar-refractivity contribution in [2.24, 2.45) is 0 Å². The Kier molecular flexibility index (Phi) is 4.90. The van der Waals surface area contributed by atoms with E-state index in [0.29, 0.717) is 11.6 Å². The third kappa shape index (κ3) is 4.32. The van der Waals surface area contributed by atoms with Gasteiger partial charge in [-0.2, -0.15) is 0 Å². The molecule has 17 heavy (non-hydrogen) atoms. The van der Waals surface area contributed by atoms with Crippen molar-refractivity contribution in [3.63, 3.8) is 0 Å². The molecular formula is C12H15ClFNO2. The second-order valence-electron chi connectivity index (χ2n) is 4.13. The lowest BCUT2D eigenvalue weighted by atomic mass is 10.2. The second kappa shape index (κ2) is 5.98. The smallest absolute Gasteiger partial charge is 0.317 e. The molecule has 1 aromatic rings. The molecule has 0 atom stereocenters. The van der Waals surface area contributed by atoms with Crippen molar-refractivity contribution in [1.29, 1.82) is 0 Å². The molecule has 1 N–H and O–H groups in total. The zero-order valence-electron chi connectivity index (χ0n) is 9.78. The van der Waals surface area contributed by atoms with Crippen LogP contribution in [0.2, 0.25) is 5.02 Å². The van der Waals surface area contributed by atoms with E-state index in [4.69, 9.17) is 16.7 Å². The lowest BCUT2D eigenvalue weighted by Crippen LogP contribution is -2.35. The fourth-order valence-corrected chi connectivity index (χ4v) is 1.69. The van der Waals surface area contributed by atoms with Crippen molar-refractivity contribution in [3.05, 3.63) is 34.6 Å². The molecule has 94 valence electrons. The minimum absolute atomic E-state index is 0.0641. The van der Waals surface area contributed by atoms with E-state index in [2.05, 4.69) is 0 Å². The number of rotatable bonds is 5. The zero-order chi connectivity index (χ0) is 13.0. The highest BCUT2D eigenvalue weighted by molar-refractivity contribution is 6.31. The molecule has 0 bridgehead atoms. The van der Waals surface area contributed by atoms with Gasteiger partial charge in [-0.3, -0.25) is 9.69 Å². The average molecular weight is 260 g/mol. The molecule has 0 saturated carbocycles. The molecule has 0 heterocycles. The van der Waals surface area contributed by atoms with Crippen molar-refractivity contribution in [3.8, 4) is 0 Å². The first-order valence-corrected chi connectivity index (χ1v) is 5.67. The zero-order valence-corrected chi connectivity index (χ0v) is 10.5. The Morgan fingerprint density at radius 3 is 2.65 bits per heavy atom. The van der Waals surface area contributed by atoms with E-state index in [1.54, 1.807) is 11.0 Å². The molecular weight excluding hydrogens is 245 g/mol. The lowest BCUT2D eigenvalue weighted by molar-refractivity contribution is -0.138. The first-order chi connectivity index (χ1) is 7.90. The van der Waals surface area contributed by atoms with Crippen molar-refractivity contribution in [1.82, 2.24) is 4.90 Å². The number of benzene rings is 1. The summed E-state index contributed by atoms with van der Waals surface area (Å²) >= 11 is 5.90. The average Bonchev–Trinajstić information content (AvgIpc) is 2.19. The molecule has 0 saturated heterocycles. The van der Waals surface area contributed by atoms with E-state index < -0.39 is 11.8 Å². The van der Waals surface area contributed by atoms with E-state index >= 15 is 0 Å². The molecule has 0 aliphatic carbocycles. The van der Waals surface area contributed by atoms with Crippen LogP contribution in [0, 0.1) is 5.82 Å². The Hall–Kier alpha value is -1.13. The van der Waals surface area contributed by atoms with Gasteiger partial charge in [0.05, 0.1) is 6.54 Å². The van der Waals surface area contributed by atoms with Crippen LogP contribution in [0.25, 0.3) is 0 Å². The summed E-state index contributed by atoms with van der Waals surface area (Å²) in [5.74, 6) is -1.29. The monoisotopic (exact) mass is 259 g/mol. The SMILES string of the molecule is CC(C)N(CC(=O)O)Cc1ccc(F)cc1Cl. The van der Waals surface area contributed by atoms with Crippen LogP contribution in [-0.2, 0) is 11.3 Å². The van der Waals surface area contributed by atoms with Gasteiger partial charge in [-0.05, 0) is 31.5 Å². The Morgan fingerprint density at radius 2 is 2.18 bits per heavy atom. The summed E-state index contributed by atoms with van der Waals surface area (Å²) in [4.78, 5) is 12.5. The molecule has 0 aromatic heterocycles. The van der Waals surface area contributed by atoms with Crippen molar-refractivity contribution in [2.45, 2.75) is 26.4 Å². The third-order valence-electron chi connectivity index (χ3n) is 2.46. The summed E-state index contributed by atoms with van der Waals surface area (Å²) in [7, 11) is 0. The standard InChI is InChI=1S/C12H15ClFNO2/c1-8(2)15(7-12(16)17)6-9-3-4-10(14)5-11(9)13/h3-5,8H,6-7H2,1-2H3,(H,16,17). The van der Waals surface area contributed by atoms with Gasteiger partial charge < -0.3 is 5.11 Å². The maximum atomic E-state index is 12.9. The fourth-order valence-electron chi connectivity index (χ4n) is 1.46. The van der Waals surface area contributed by atoms with Crippen LogP contribution >= 0.6 is 11.6 Å². The van der Waals surface area contributed by atoms with Crippen LogP contribution < -0.4 is 0 Å². The largest absolute Gasteiger partial charge is 0.480 e. The normalized spacial score (nSPS) is 11.2. The van der Waals surface area contributed by atoms with Crippen LogP contribution in [0.5, 0.6) is 0 Å². The minimum atomic E-state index is -0.892. The summed E-state index contributed by atoms with van der Waals surface area (Å²) in [5.41, 5.74) is 0.725. The van der Waals surface area contributed by atoms with E-state index in [1.165, 1.54) is 12.1 Å². The predicted octanol–water partition coefficient (Wildman–Crippen LogP) is 2.77. The lowest BCUT2D eigenvalue weighted by Gasteiger charge is -2.24. The third-order valence-corrected chi connectivity index (χ3v) is 2.81. The van der Waals surface area contributed by atoms with Gasteiger partial charge >= 0.3 is 5.97 Å². The van der Waals surface area contributed by atoms with E-state index in [9.17, 15) is 9.18 Å². The van der Waals surface area contributed by atoms with Crippen molar-refractivity contribution < 1.29 is 14.3 Å². The Morgan fingerprint density at radius 1 is 1.53 bits per heavy atom. The Bertz CT molecular complexity index is 409. The van der Waals surface area contributed by atoms with Gasteiger partial charge in [0.1, 0.15) is 5.82 Å². The van der Waals surface area contributed by atoms with E-state index in [0.717, 1.165) is 5.56 Å². The molecule has 3 nitrogen and oxygen atoms in total. The van der Waals surface area contributed by atoms with Gasteiger partial charge in [0.25, 0.3) is 0 Å². The number of nitrogens with zero attached hydrogens (tertiary/aromatic N) is 1. The van der Waals surface area contributed by atoms with Gasteiger partial charge in [-0.15, -0.1) is 0 Å². The number of aliphatic carboxylic acids is 1. The van der Waals surface area contributed by atoms with Crippen LogP contribution in [0.1, 0.15) is 19.4 Å². The van der Waals surface area contributed by atoms with Gasteiger partial charge in [0, 0.05) is 17.6 Å². The molecule has 0 aliphatic heterocycles. The first-order valence-electron chi connectivity index (χ1n) is 5.30. The molecule has 0 aliphatic rings. The highest BCUT2D eigenvalue weighted by Gasteiger charge is 2.15. The highest BCUT2D eigenvalue weighted by Crippen LogP contribution is 2.19. The summed E-state index contributed by atoms with van der Waals surface area (Å²) in [6, 6.07) is 4.21. The van der Waals surface area contributed by atoms with Gasteiger partial charge in [0.2, 0.25) is 0 Å². The summed E-state index contributed by atoms with van der Waals surface area (Å²) in [6.45, 7) is 4.13. The number of carboxylic acid groups (broad SMARTS) is 1. The topological polar surface area (TPSA) is 40.5 Å². The highest BCUT2D eigenvalue weighted by atomic mass is 35.5. The molecule has 0 radical (unpaired) electrons. The molecule has 0 fully saturated rings. The first kappa shape index (κ1) is 13.9. The maximum Gasteiger partial charge on any atom is 0.317 e. The molecule has 0 spiro atoms. The summed E-state index contributed by atoms with van der Waals surface area (Å²) in [6.07, 6.45) is 0. The van der Waals surface area contributed by atoms with E-state index in [1.807, 2.05) is 13.8 Å².